The molecule has 0 bridgehead atoms. The molecule has 0 saturated heterocycles. The third-order valence-corrected chi connectivity index (χ3v) is 11.1. The van der Waals surface area contributed by atoms with Crippen LogP contribution in [0.25, 0.3) is 0 Å². The number of phosphoric acid groups is 1. The lowest BCUT2D eigenvalue weighted by atomic mass is 10.1. The predicted molar refractivity (Wildman–Crippen MR) is 256 cm³/mol. The Morgan fingerprint density at radius 1 is 0.530 bits per heavy atom. The third kappa shape index (κ3) is 22.3. The Morgan fingerprint density at radius 2 is 0.924 bits per heavy atom. The zero-order chi connectivity index (χ0) is 47.5. The first kappa shape index (κ1) is 53.3. The molecule has 1 N–H and O–H groups in total. The van der Waals surface area contributed by atoms with Crippen LogP contribution in [0.3, 0.4) is 0 Å². The number of benzene rings is 4. The highest BCUT2D eigenvalue weighted by Gasteiger charge is 2.27. The summed E-state index contributed by atoms with van der Waals surface area (Å²) in [4.78, 5) is 36.7. The number of ether oxygens (including phenoxy) is 4. The van der Waals surface area contributed by atoms with E-state index < -0.39 is 39.1 Å². The van der Waals surface area contributed by atoms with Gasteiger partial charge in [0, 0.05) is 0 Å². The number of carbonyl (C=O) groups is 2. The lowest BCUT2D eigenvalue weighted by molar-refractivity contribution is -0.870. The molecule has 1 unspecified atom stereocenters. The zero-order valence-corrected chi connectivity index (χ0v) is 40.2. The van der Waals surface area contributed by atoms with Gasteiger partial charge in [-0.1, -0.05) is 78.1 Å². The summed E-state index contributed by atoms with van der Waals surface area (Å²) < 4.78 is 46.3. The molecule has 0 saturated carbocycles. The SMILES string of the molecule is CCCCCCCCOc1ccc(N=Nc2ccc(C(=O)OC[C@H](COP(=O)(O)OCC[N+](C)(C)C)OC(=O)c3ccc(N=Nc4ccc(OCCCCCCCC)cc4)cc3)cc2)cc1. The van der Waals surface area contributed by atoms with Gasteiger partial charge in [0.2, 0.25) is 0 Å². The highest BCUT2D eigenvalue weighted by Crippen LogP contribution is 2.43. The van der Waals surface area contributed by atoms with Crippen LogP contribution in [0.2, 0.25) is 0 Å². The molecule has 2 atom stereocenters. The number of hydrogen-bond donors (Lipinski definition) is 1. The lowest BCUT2D eigenvalue weighted by Gasteiger charge is -2.24. The molecule has 0 fully saturated rings. The molecule has 4 aromatic rings. The molecule has 66 heavy (non-hydrogen) atoms. The first-order valence-electron chi connectivity index (χ1n) is 23.1. The van der Waals surface area contributed by atoms with Crippen molar-refractivity contribution in [3.8, 4) is 11.5 Å². The summed E-state index contributed by atoms with van der Waals surface area (Å²) in [5.41, 5.74) is 2.61. The van der Waals surface area contributed by atoms with E-state index in [-0.39, 0.29) is 17.7 Å². The Morgan fingerprint density at radius 3 is 1.35 bits per heavy atom. The van der Waals surface area contributed by atoms with Gasteiger partial charge in [0.15, 0.2) is 6.10 Å². The smallest absolute Gasteiger partial charge is 0.472 e. The largest absolute Gasteiger partial charge is 0.494 e. The van der Waals surface area contributed by atoms with Crippen LogP contribution in [-0.4, -0.2) is 88.1 Å². The minimum Gasteiger partial charge on any atom is -0.494 e. The fourth-order valence-corrected chi connectivity index (χ4v) is 6.90. The second kappa shape index (κ2) is 29.4. The molecule has 0 aliphatic rings. The summed E-state index contributed by atoms with van der Waals surface area (Å²) in [6, 6.07) is 27.2. The van der Waals surface area contributed by atoms with Crippen LogP contribution in [0.1, 0.15) is 112 Å². The van der Waals surface area contributed by atoms with E-state index in [1.807, 2.05) is 69.7 Å². The van der Waals surface area contributed by atoms with Crippen LogP contribution in [-0.2, 0) is 23.1 Å². The number of carbonyl (C=O) groups excluding carboxylic acids is 2. The van der Waals surface area contributed by atoms with Gasteiger partial charge in [-0.3, -0.25) is 9.05 Å². The molecule has 0 spiro atoms. The number of esters is 2. The van der Waals surface area contributed by atoms with E-state index in [1.165, 1.54) is 75.6 Å². The molecule has 4 aromatic carbocycles. The monoisotopic (exact) mass is 930 g/mol. The Balaban J connectivity index is 1.29. The first-order valence-corrected chi connectivity index (χ1v) is 24.6. The maximum absolute atomic E-state index is 13.3. The van der Waals surface area contributed by atoms with E-state index in [9.17, 15) is 19.0 Å². The summed E-state index contributed by atoms with van der Waals surface area (Å²) in [5.74, 6) is 0.0309. The average Bonchev–Trinajstić information content (AvgIpc) is 3.31. The van der Waals surface area contributed by atoms with Crippen molar-refractivity contribution in [3.63, 3.8) is 0 Å². The highest BCUT2D eigenvalue weighted by atomic mass is 31.2. The number of nitrogens with zero attached hydrogens (tertiary/aromatic N) is 5. The number of likely N-dealkylation sites (N-methyl/N-ethyl adjacent to an activating group) is 1. The highest BCUT2D eigenvalue weighted by molar-refractivity contribution is 7.47. The Kier molecular flexibility index (Phi) is 23.7. The number of unbranched alkanes of at least 4 members (excludes halogenated alkanes) is 10. The van der Waals surface area contributed by atoms with Crippen molar-refractivity contribution in [1.82, 2.24) is 0 Å². The van der Waals surface area contributed by atoms with Crippen molar-refractivity contribution < 1.29 is 51.5 Å². The Hall–Kier alpha value is -5.31. The second-order valence-corrected chi connectivity index (χ2v) is 18.4. The van der Waals surface area contributed by atoms with Crippen LogP contribution in [0, 0.1) is 0 Å². The maximum Gasteiger partial charge on any atom is 0.472 e. The van der Waals surface area contributed by atoms with E-state index in [0.717, 1.165) is 37.2 Å². The molecule has 0 radical (unpaired) electrons. The Bertz CT molecular complexity index is 2110. The van der Waals surface area contributed by atoms with E-state index >= 15 is 0 Å². The maximum atomic E-state index is 13.3. The summed E-state index contributed by atoms with van der Waals surface area (Å²) in [7, 11) is 1.17. The second-order valence-electron chi connectivity index (χ2n) is 17.0. The first-order chi connectivity index (χ1) is 31.8. The van der Waals surface area contributed by atoms with Gasteiger partial charge in [0.25, 0.3) is 0 Å². The van der Waals surface area contributed by atoms with Gasteiger partial charge < -0.3 is 28.3 Å². The average molecular weight is 931 g/mol. The van der Waals surface area contributed by atoms with E-state index in [2.05, 4.69) is 34.3 Å². The zero-order valence-electron chi connectivity index (χ0n) is 39.3. The van der Waals surface area contributed by atoms with Gasteiger partial charge in [-0.25, -0.2) is 14.2 Å². The van der Waals surface area contributed by atoms with Crippen molar-refractivity contribution in [2.75, 3.05) is 60.7 Å². The fraction of sp³-hybridized carbons (Fsp3) is 0.480. The summed E-state index contributed by atoms with van der Waals surface area (Å²) in [6.07, 6.45) is 13.1. The van der Waals surface area contributed by atoms with Crippen LogP contribution < -0.4 is 9.47 Å². The van der Waals surface area contributed by atoms with Crippen molar-refractivity contribution in [3.05, 3.63) is 108 Å². The quantitative estimate of drug-likeness (QED) is 0.0163. The molecule has 16 heteroatoms. The van der Waals surface area contributed by atoms with Gasteiger partial charge in [-0.15, -0.1) is 0 Å². The summed E-state index contributed by atoms with van der Waals surface area (Å²) in [5, 5.41) is 17.1. The number of rotatable bonds is 32. The minimum absolute atomic E-state index is 0.0599. The van der Waals surface area contributed by atoms with Crippen LogP contribution in [0.4, 0.5) is 22.7 Å². The molecular formula is C50H69N5O10P+. The van der Waals surface area contributed by atoms with Crippen LogP contribution in [0.5, 0.6) is 11.5 Å². The number of quaternary nitrogens is 1. The normalized spacial score (nSPS) is 13.1. The molecule has 0 amide bonds. The summed E-state index contributed by atoms with van der Waals surface area (Å²) in [6.45, 7) is 5.05. The molecule has 0 aliphatic carbocycles. The van der Waals surface area contributed by atoms with Crippen LogP contribution in [0.15, 0.2) is 118 Å². The molecule has 0 aromatic heterocycles. The fourth-order valence-electron chi connectivity index (χ4n) is 6.15. The van der Waals surface area contributed by atoms with Gasteiger partial charge in [0.05, 0.1) is 74.8 Å². The molecule has 0 aliphatic heterocycles. The predicted octanol–water partition coefficient (Wildman–Crippen LogP) is 13.2. The number of phosphoric ester groups is 1. The van der Waals surface area contributed by atoms with Gasteiger partial charge in [-0.05, 0) is 110 Å². The molecular weight excluding hydrogens is 862 g/mol. The molecule has 4 rings (SSSR count). The van der Waals surface area contributed by atoms with E-state index in [0.29, 0.717) is 47.0 Å². The van der Waals surface area contributed by atoms with Gasteiger partial charge >= 0.3 is 19.8 Å². The van der Waals surface area contributed by atoms with E-state index in [4.69, 9.17) is 28.0 Å². The molecule has 0 heterocycles. The standard InChI is InChI=1S/C50H68N5O10P/c1-6-8-10-12-14-16-35-60-46-30-26-44(27-31-46)53-51-42-22-18-40(19-23-42)49(56)62-38-48(39-64-66(58,59)63-37-34-55(3,4)5)65-50(57)41-20-24-43(25-21-41)52-54-45-28-32-47(33-29-45)61-36-17-15-13-11-9-7-2/h18-33,48H,6-17,34-39H2,1-5H3/p+1/t48-/m1/s1. The number of hydrogen-bond acceptors (Lipinski definition) is 13. The van der Waals surface area contributed by atoms with Crippen molar-refractivity contribution in [1.29, 1.82) is 0 Å². The van der Waals surface area contributed by atoms with Crippen molar-refractivity contribution in [2.45, 2.75) is 97.0 Å². The third-order valence-electron chi connectivity index (χ3n) is 10.1. The van der Waals surface area contributed by atoms with Gasteiger partial charge in [-0.2, -0.15) is 20.5 Å². The van der Waals surface area contributed by atoms with Crippen molar-refractivity contribution in [2.24, 2.45) is 20.5 Å². The van der Waals surface area contributed by atoms with Gasteiger partial charge in [0.1, 0.15) is 31.3 Å². The summed E-state index contributed by atoms with van der Waals surface area (Å²) >= 11 is 0. The minimum atomic E-state index is -4.55. The number of azo groups is 2. The molecule has 15 nitrogen and oxygen atoms in total. The Labute approximate surface area is 390 Å². The topological polar surface area (TPSA) is 176 Å². The molecule has 358 valence electrons. The van der Waals surface area contributed by atoms with Crippen LogP contribution >= 0.6 is 7.82 Å². The van der Waals surface area contributed by atoms with Crippen molar-refractivity contribution >= 4 is 42.5 Å². The van der Waals surface area contributed by atoms with E-state index in [1.54, 1.807) is 24.3 Å². The lowest BCUT2D eigenvalue weighted by Crippen LogP contribution is -2.37.